The van der Waals surface area contributed by atoms with Crippen LogP contribution < -0.4 is 0 Å². The third kappa shape index (κ3) is 1.58. The summed E-state index contributed by atoms with van der Waals surface area (Å²) in [5.41, 5.74) is -0.450. The zero-order valence-corrected chi connectivity index (χ0v) is 9.89. The molecule has 0 spiro atoms. The lowest BCUT2D eigenvalue weighted by Gasteiger charge is -2.23. The Balaban J connectivity index is 1.86. The largest absolute Gasteiger partial charge is 0.388 e. The second-order valence-electron chi connectivity index (χ2n) is 5.45. The van der Waals surface area contributed by atoms with Crippen LogP contribution >= 0.6 is 0 Å². The molecule has 3 rings (SSSR count). The number of aliphatic hydroxyl groups is 1. The van der Waals surface area contributed by atoms with Crippen molar-refractivity contribution in [2.45, 2.75) is 63.0 Å². The average molecular weight is 220 g/mol. The van der Waals surface area contributed by atoms with Crippen molar-refractivity contribution in [2.75, 3.05) is 0 Å². The molecule has 1 aromatic heterocycles. The minimum Gasteiger partial charge on any atom is -0.388 e. The smallest absolute Gasteiger partial charge is 0.112 e. The summed E-state index contributed by atoms with van der Waals surface area (Å²) in [5, 5.41) is 10.2. The maximum atomic E-state index is 10.2. The molecule has 0 amide bonds. The lowest BCUT2D eigenvalue weighted by molar-refractivity contribution is 0.0935. The van der Waals surface area contributed by atoms with Crippen LogP contribution in [0.1, 0.15) is 63.2 Å². The van der Waals surface area contributed by atoms with Crippen LogP contribution in [0, 0.1) is 0 Å². The van der Waals surface area contributed by atoms with Crippen molar-refractivity contribution < 1.29 is 5.11 Å². The minimum absolute atomic E-state index is 0.186. The molecule has 88 valence electrons. The predicted octanol–water partition coefficient (Wildman–Crippen LogP) is 2.63. The molecule has 2 fully saturated rings. The molecule has 0 aromatic carbocycles. The van der Waals surface area contributed by atoms with Crippen LogP contribution in [-0.4, -0.2) is 20.3 Å². The van der Waals surface area contributed by atoms with Gasteiger partial charge in [-0.25, -0.2) is 4.98 Å². The first-order chi connectivity index (χ1) is 7.71. The quantitative estimate of drug-likeness (QED) is 0.850. The first kappa shape index (κ1) is 10.3. The van der Waals surface area contributed by atoms with E-state index in [1.807, 2.05) is 12.4 Å². The Morgan fingerprint density at radius 3 is 2.75 bits per heavy atom. The second-order valence-corrected chi connectivity index (χ2v) is 5.45. The van der Waals surface area contributed by atoms with Crippen LogP contribution in [0.15, 0.2) is 12.4 Å². The van der Waals surface area contributed by atoms with Crippen LogP contribution in [0.25, 0.3) is 0 Å². The highest BCUT2D eigenvalue weighted by atomic mass is 16.3. The van der Waals surface area contributed by atoms with Gasteiger partial charge in [0.1, 0.15) is 5.82 Å². The maximum absolute atomic E-state index is 10.2. The van der Waals surface area contributed by atoms with E-state index in [4.69, 9.17) is 0 Å². The van der Waals surface area contributed by atoms with E-state index in [-0.39, 0.29) is 6.04 Å². The molecule has 1 atom stereocenters. The third-order valence-electron chi connectivity index (χ3n) is 4.38. The Hall–Kier alpha value is -0.830. The second kappa shape index (κ2) is 3.59. The van der Waals surface area contributed by atoms with Gasteiger partial charge in [-0.2, -0.15) is 0 Å². The fraction of sp³-hybridized carbons (Fsp3) is 0.769. The summed E-state index contributed by atoms with van der Waals surface area (Å²) in [6.45, 7) is 2.12. The van der Waals surface area contributed by atoms with Crippen LogP contribution in [0.3, 0.4) is 0 Å². The van der Waals surface area contributed by atoms with Gasteiger partial charge in [0.25, 0.3) is 0 Å². The van der Waals surface area contributed by atoms with Gasteiger partial charge >= 0.3 is 0 Å². The Bertz CT molecular complexity index is 375. The van der Waals surface area contributed by atoms with Gasteiger partial charge in [-0.3, -0.25) is 0 Å². The molecule has 0 aliphatic heterocycles. The number of hydrogen-bond acceptors (Lipinski definition) is 2. The highest BCUT2D eigenvalue weighted by Gasteiger charge is 2.47. The molecule has 0 radical (unpaired) electrons. The lowest BCUT2D eigenvalue weighted by Crippen LogP contribution is -2.24. The van der Waals surface area contributed by atoms with E-state index in [9.17, 15) is 5.11 Å². The fourth-order valence-corrected chi connectivity index (χ4v) is 2.96. The highest BCUT2D eigenvalue weighted by molar-refractivity contribution is 5.09. The van der Waals surface area contributed by atoms with Crippen LogP contribution in [-0.2, 0) is 0 Å². The molecule has 2 aliphatic carbocycles. The number of imidazole rings is 1. The van der Waals surface area contributed by atoms with Gasteiger partial charge < -0.3 is 9.67 Å². The number of aromatic nitrogens is 2. The van der Waals surface area contributed by atoms with E-state index >= 15 is 0 Å². The summed E-state index contributed by atoms with van der Waals surface area (Å²) >= 11 is 0. The van der Waals surface area contributed by atoms with E-state index in [1.165, 1.54) is 31.5 Å². The summed E-state index contributed by atoms with van der Waals surface area (Å²) < 4.78 is 2.21. The van der Waals surface area contributed by atoms with Gasteiger partial charge in [-0.05, 0) is 32.6 Å². The normalized spacial score (nSPS) is 25.9. The third-order valence-corrected chi connectivity index (χ3v) is 4.38. The Kier molecular flexibility index (Phi) is 2.32. The SMILES string of the molecule is CC(n1ccnc1C1CCCC1)C1(O)CC1. The van der Waals surface area contributed by atoms with E-state index in [0.717, 1.165) is 12.8 Å². The maximum Gasteiger partial charge on any atom is 0.112 e. The van der Waals surface area contributed by atoms with Crippen LogP contribution in [0.2, 0.25) is 0 Å². The molecule has 1 N–H and O–H groups in total. The number of hydrogen-bond donors (Lipinski definition) is 1. The molecule has 2 aliphatic rings. The van der Waals surface area contributed by atoms with Gasteiger partial charge in [0.05, 0.1) is 11.6 Å². The molecule has 2 saturated carbocycles. The highest BCUT2D eigenvalue weighted by Crippen LogP contribution is 2.46. The summed E-state index contributed by atoms with van der Waals surface area (Å²) in [5.74, 6) is 1.82. The zero-order valence-electron chi connectivity index (χ0n) is 9.89. The first-order valence-electron chi connectivity index (χ1n) is 6.46. The average Bonchev–Trinajstić information content (AvgIpc) is 2.80. The molecule has 1 heterocycles. The van der Waals surface area contributed by atoms with Crippen molar-refractivity contribution in [1.82, 2.24) is 9.55 Å². The molecular weight excluding hydrogens is 200 g/mol. The van der Waals surface area contributed by atoms with Gasteiger partial charge in [-0.1, -0.05) is 12.8 Å². The summed E-state index contributed by atoms with van der Waals surface area (Å²) in [6, 6.07) is 0.186. The van der Waals surface area contributed by atoms with Crippen molar-refractivity contribution in [1.29, 1.82) is 0 Å². The van der Waals surface area contributed by atoms with Gasteiger partial charge in [0, 0.05) is 18.3 Å². The zero-order chi connectivity index (χ0) is 11.2. The summed E-state index contributed by atoms with van der Waals surface area (Å²) in [4.78, 5) is 4.51. The summed E-state index contributed by atoms with van der Waals surface area (Å²) in [6.07, 6.45) is 11.0. The van der Waals surface area contributed by atoms with Crippen molar-refractivity contribution >= 4 is 0 Å². The van der Waals surface area contributed by atoms with E-state index in [0.29, 0.717) is 5.92 Å². The molecule has 3 heteroatoms. The van der Waals surface area contributed by atoms with Gasteiger partial charge in [0.15, 0.2) is 0 Å². The monoisotopic (exact) mass is 220 g/mol. The minimum atomic E-state index is -0.450. The molecule has 0 saturated heterocycles. The molecule has 0 bridgehead atoms. The summed E-state index contributed by atoms with van der Waals surface area (Å²) in [7, 11) is 0. The van der Waals surface area contributed by atoms with Crippen molar-refractivity contribution in [2.24, 2.45) is 0 Å². The Labute approximate surface area is 96.5 Å². The van der Waals surface area contributed by atoms with Crippen molar-refractivity contribution in [3.05, 3.63) is 18.2 Å². The van der Waals surface area contributed by atoms with Crippen LogP contribution in [0.5, 0.6) is 0 Å². The molecular formula is C13H20N2O. The van der Waals surface area contributed by atoms with E-state index in [1.54, 1.807) is 0 Å². The first-order valence-corrected chi connectivity index (χ1v) is 6.46. The molecule has 3 nitrogen and oxygen atoms in total. The molecule has 1 unspecified atom stereocenters. The van der Waals surface area contributed by atoms with Gasteiger partial charge in [0.2, 0.25) is 0 Å². The predicted molar refractivity (Wildman–Crippen MR) is 62.3 cm³/mol. The standard InChI is InChI=1S/C13H20N2O/c1-10(13(16)6-7-13)15-9-8-14-12(15)11-4-2-3-5-11/h8-11,16H,2-7H2,1H3. The van der Waals surface area contributed by atoms with E-state index < -0.39 is 5.60 Å². The van der Waals surface area contributed by atoms with Gasteiger partial charge in [-0.15, -0.1) is 0 Å². The van der Waals surface area contributed by atoms with E-state index in [2.05, 4.69) is 16.5 Å². The van der Waals surface area contributed by atoms with Crippen LogP contribution in [0.4, 0.5) is 0 Å². The Morgan fingerprint density at radius 2 is 2.12 bits per heavy atom. The Morgan fingerprint density at radius 1 is 1.44 bits per heavy atom. The molecule has 16 heavy (non-hydrogen) atoms. The number of nitrogens with zero attached hydrogens (tertiary/aromatic N) is 2. The van der Waals surface area contributed by atoms with Crippen molar-refractivity contribution in [3.63, 3.8) is 0 Å². The lowest BCUT2D eigenvalue weighted by atomic mass is 10.1. The molecule has 1 aromatic rings. The fourth-order valence-electron chi connectivity index (χ4n) is 2.96. The number of rotatable bonds is 3. The topological polar surface area (TPSA) is 38.0 Å². The van der Waals surface area contributed by atoms with Crippen molar-refractivity contribution in [3.8, 4) is 0 Å².